The van der Waals surface area contributed by atoms with Crippen LogP contribution in [0.4, 0.5) is 0 Å². The molecule has 0 saturated carbocycles. The summed E-state index contributed by atoms with van der Waals surface area (Å²) in [6, 6.07) is 0. The highest BCUT2D eigenvalue weighted by Crippen LogP contribution is 2.28. The molecular weight excluding hydrogens is 160 g/mol. The van der Waals surface area contributed by atoms with Gasteiger partial charge in [0.15, 0.2) is 0 Å². The Balaban J connectivity index is 2.79. The van der Waals surface area contributed by atoms with Crippen LogP contribution >= 0.6 is 0 Å². The standard InChI is InChI=1S/C11H20N2/c1-4-13-11(12)10-6-5-8(2)7-9(10)3/h8H,4-7H2,1-3H3,(H2,12,13). The Kier molecular flexibility index (Phi) is 3.52. The summed E-state index contributed by atoms with van der Waals surface area (Å²) in [5.41, 5.74) is 8.63. The molecule has 0 aromatic heterocycles. The Labute approximate surface area is 80.9 Å². The van der Waals surface area contributed by atoms with Gasteiger partial charge in [0.05, 0.1) is 0 Å². The lowest BCUT2D eigenvalue weighted by atomic mass is 9.85. The van der Waals surface area contributed by atoms with Crippen molar-refractivity contribution in [2.24, 2.45) is 16.6 Å². The summed E-state index contributed by atoms with van der Waals surface area (Å²) in [6.45, 7) is 7.29. The minimum absolute atomic E-state index is 0.770. The minimum Gasteiger partial charge on any atom is -0.384 e. The smallest absolute Gasteiger partial charge is 0.121 e. The lowest BCUT2D eigenvalue weighted by Crippen LogP contribution is -2.20. The maximum absolute atomic E-state index is 5.89. The molecule has 2 heteroatoms. The van der Waals surface area contributed by atoms with Gasteiger partial charge in [0.1, 0.15) is 5.84 Å². The molecule has 1 aliphatic rings. The zero-order valence-corrected chi connectivity index (χ0v) is 8.93. The van der Waals surface area contributed by atoms with Crippen molar-refractivity contribution < 1.29 is 0 Å². The highest BCUT2D eigenvalue weighted by Gasteiger charge is 2.16. The molecule has 0 spiro atoms. The van der Waals surface area contributed by atoms with E-state index >= 15 is 0 Å². The molecule has 1 unspecified atom stereocenters. The summed E-state index contributed by atoms with van der Waals surface area (Å²) < 4.78 is 0. The zero-order valence-electron chi connectivity index (χ0n) is 8.93. The number of rotatable bonds is 2. The molecule has 1 rings (SSSR count). The summed E-state index contributed by atoms with van der Waals surface area (Å²) in [5.74, 6) is 1.59. The highest BCUT2D eigenvalue weighted by molar-refractivity contribution is 5.97. The van der Waals surface area contributed by atoms with Gasteiger partial charge >= 0.3 is 0 Å². The van der Waals surface area contributed by atoms with E-state index in [-0.39, 0.29) is 0 Å². The van der Waals surface area contributed by atoms with E-state index in [9.17, 15) is 0 Å². The Morgan fingerprint density at radius 3 is 2.85 bits per heavy atom. The summed E-state index contributed by atoms with van der Waals surface area (Å²) in [5, 5.41) is 0. The Morgan fingerprint density at radius 2 is 2.31 bits per heavy atom. The molecule has 0 aliphatic heterocycles. The van der Waals surface area contributed by atoms with Crippen molar-refractivity contribution in [3.8, 4) is 0 Å². The van der Waals surface area contributed by atoms with Gasteiger partial charge < -0.3 is 5.73 Å². The van der Waals surface area contributed by atoms with Crippen LogP contribution < -0.4 is 5.73 Å². The lowest BCUT2D eigenvalue weighted by molar-refractivity contribution is 0.503. The highest BCUT2D eigenvalue weighted by atomic mass is 14.8. The van der Waals surface area contributed by atoms with Crippen LogP contribution in [0.5, 0.6) is 0 Å². The second-order valence-corrected chi connectivity index (χ2v) is 3.97. The number of allylic oxidation sites excluding steroid dienone is 1. The van der Waals surface area contributed by atoms with Crippen molar-refractivity contribution in [2.45, 2.75) is 40.0 Å². The first-order valence-electron chi connectivity index (χ1n) is 5.14. The fraction of sp³-hybridized carbons (Fsp3) is 0.727. The first-order chi connectivity index (χ1) is 6.15. The maximum Gasteiger partial charge on any atom is 0.121 e. The van der Waals surface area contributed by atoms with Crippen molar-refractivity contribution in [2.75, 3.05) is 6.54 Å². The first kappa shape index (κ1) is 10.3. The van der Waals surface area contributed by atoms with Crippen molar-refractivity contribution in [1.29, 1.82) is 0 Å². The van der Waals surface area contributed by atoms with Crippen LogP contribution in [0, 0.1) is 5.92 Å². The van der Waals surface area contributed by atoms with E-state index in [1.165, 1.54) is 24.0 Å². The maximum atomic E-state index is 5.89. The van der Waals surface area contributed by atoms with Crippen LogP contribution in [0.2, 0.25) is 0 Å². The number of nitrogens with two attached hydrogens (primary N) is 1. The monoisotopic (exact) mass is 180 g/mol. The number of nitrogens with zero attached hydrogens (tertiary/aromatic N) is 1. The van der Waals surface area contributed by atoms with E-state index in [2.05, 4.69) is 18.8 Å². The molecule has 2 nitrogen and oxygen atoms in total. The summed E-state index contributed by atoms with van der Waals surface area (Å²) in [6.07, 6.45) is 3.56. The molecule has 0 radical (unpaired) electrons. The van der Waals surface area contributed by atoms with Gasteiger partial charge in [0.25, 0.3) is 0 Å². The van der Waals surface area contributed by atoms with E-state index in [0.717, 1.165) is 24.7 Å². The molecule has 0 saturated heterocycles. The van der Waals surface area contributed by atoms with E-state index < -0.39 is 0 Å². The molecular formula is C11H20N2. The molecule has 74 valence electrons. The van der Waals surface area contributed by atoms with E-state index in [0.29, 0.717) is 0 Å². The van der Waals surface area contributed by atoms with Crippen LogP contribution in [0.1, 0.15) is 40.0 Å². The molecule has 0 aromatic rings. The fourth-order valence-corrected chi connectivity index (χ4v) is 1.96. The van der Waals surface area contributed by atoms with Gasteiger partial charge in [-0.2, -0.15) is 0 Å². The zero-order chi connectivity index (χ0) is 9.84. The molecule has 0 heterocycles. The number of amidine groups is 1. The van der Waals surface area contributed by atoms with Gasteiger partial charge in [-0.15, -0.1) is 0 Å². The van der Waals surface area contributed by atoms with Crippen LogP contribution in [-0.4, -0.2) is 12.4 Å². The van der Waals surface area contributed by atoms with Gasteiger partial charge in [-0.05, 0) is 44.6 Å². The van der Waals surface area contributed by atoms with Crippen molar-refractivity contribution in [3.05, 3.63) is 11.1 Å². The quantitative estimate of drug-likeness (QED) is 0.514. The number of hydrogen-bond acceptors (Lipinski definition) is 1. The lowest BCUT2D eigenvalue weighted by Gasteiger charge is -2.22. The summed E-state index contributed by atoms with van der Waals surface area (Å²) in [4.78, 5) is 4.26. The molecule has 0 amide bonds. The third-order valence-corrected chi connectivity index (χ3v) is 2.69. The van der Waals surface area contributed by atoms with E-state index in [1.807, 2.05) is 6.92 Å². The predicted molar refractivity (Wildman–Crippen MR) is 57.9 cm³/mol. The van der Waals surface area contributed by atoms with Crippen LogP contribution in [0.3, 0.4) is 0 Å². The first-order valence-corrected chi connectivity index (χ1v) is 5.14. The van der Waals surface area contributed by atoms with Crippen LogP contribution in [-0.2, 0) is 0 Å². The Hall–Kier alpha value is -0.790. The predicted octanol–water partition coefficient (Wildman–Crippen LogP) is 2.50. The fourth-order valence-electron chi connectivity index (χ4n) is 1.96. The Morgan fingerprint density at radius 1 is 1.62 bits per heavy atom. The van der Waals surface area contributed by atoms with E-state index in [4.69, 9.17) is 5.73 Å². The number of hydrogen-bond donors (Lipinski definition) is 1. The van der Waals surface area contributed by atoms with Crippen molar-refractivity contribution in [3.63, 3.8) is 0 Å². The largest absolute Gasteiger partial charge is 0.384 e. The van der Waals surface area contributed by atoms with Gasteiger partial charge in [0, 0.05) is 6.54 Å². The average molecular weight is 180 g/mol. The second kappa shape index (κ2) is 4.45. The van der Waals surface area contributed by atoms with Gasteiger partial charge in [-0.3, -0.25) is 4.99 Å². The molecule has 13 heavy (non-hydrogen) atoms. The third-order valence-electron chi connectivity index (χ3n) is 2.69. The van der Waals surface area contributed by atoms with Crippen LogP contribution in [0.25, 0.3) is 0 Å². The van der Waals surface area contributed by atoms with Crippen molar-refractivity contribution >= 4 is 5.84 Å². The van der Waals surface area contributed by atoms with E-state index in [1.54, 1.807) is 0 Å². The average Bonchev–Trinajstić information content (AvgIpc) is 2.04. The molecule has 0 aromatic carbocycles. The van der Waals surface area contributed by atoms with Gasteiger partial charge in [-0.1, -0.05) is 12.5 Å². The topological polar surface area (TPSA) is 38.4 Å². The second-order valence-electron chi connectivity index (χ2n) is 3.97. The van der Waals surface area contributed by atoms with Gasteiger partial charge in [-0.25, -0.2) is 0 Å². The molecule has 0 bridgehead atoms. The summed E-state index contributed by atoms with van der Waals surface area (Å²) in [7, 11) is 0. The molecule has 2 N–H and O–H groups in total. The molecule has 1 aliphatic carbocycles. The summed E-state index contributed by atoms with van der Waals surface area (Å²) >= 11 is 0. The SMILES string of the molecule is CCN=C(N)C1=C(C)CC(C)CC1. The van der Waals surface area contributed by atoms with Crippen molar-refractivity contribution in [1.82, 2.24) is 0 Å². The molecule has 0 fully saturated rings. The molecule has 1 atom stereocenters. The Bertz CT molecular complexity index is 238. The van der Waals surface area contributed by atoms with Crippen LogP contribution in [0.15, 0.2) is 16.1 Å². The minimum atomic E-state index is 0.770. The van der Waals surface area contributed by atoms with Gasteiger partial charge in [0.2, 0.25) is 0 Å². The number of aliphatic imine (C=N–C) groups is 1. The third kappa shape index (κ3) is 2.58. The normalized spacial score (nSPS) is 25.2.